The predicted molar refractivity (Wildman–Crippen MR) is 55.9 cm³/mol. The largest absolute Gasteiger partial charge is 0.250 e. The van der Waals surface area contributed by atoms with E-state index in [9.17, 15) is 4.39 Å². The van der Waals surface area contributed by atoms with Gasteiger partial charge in [-0.1, -0.05) is 49.4 Å². The minimum absolute atomic E-state index is 0.146. The molecular formula is C11H12ClF. The van der Waals surface area contributed by atoms with Gasteiger partial charge in [-0.05, 0) is 11.1 Å². The van der Waals surface area contributed by atoms with E-state index < -0.39 is 0 Å². The quantitative estimate of drug-likeness (QED) is 0.687. The second-order valence-electron chi connectivity index (χ2n) is 3.01. The predicted octanol–water partition coefficient (Wildman–Crippen LogP) is 4.06. The van der Waals surface area contributed by atoms with Crippen molar-refractivity contribution in [3.05, 3.63) is 40.9 Å². The number of hydrogen-bond acceptors (Lipinski definition) is 0. The molecule has 0 N–H and O–H groups in total. The SMILES string of the molecule is C=Cc1cccc(C(C)CF)c1Cl. The average molecular weight is 199 g/mol. The molecule has 0 aliphatic rings. The Morgan fingerprint density at radius 1 is 1.62 bits per heavy atom. The maximum Gasteiger partial charge on any atom is 0.0960 e. The molecule has 70 valence electrons. The van der Waals surface area contributed by atoms with E-state index in [1.54, 1.807) is 6.08 Å². The third-order valence-corrected chi connectivity index (χ3v) is 2.48. The van der Waals surface area contributed by atoms with Crippen LogP contribution in [0.3, 0.4) is 0 Å². The van der Waals surface area contributed by atoms with E-state index in [0.29, 0.717) is 5.02 Å². The Morgan fingerprint density at radius 3 is 2.85 bits per heavy atom. The molecule has 2 heteroatoms. The smallest absolute Gasteiger partial charge is 0.0960 e. The topological polar surface area (TPSA) is 0 Å². The molecule has 0 nitrogen and oxygen atoms in total. The maximum atomic E-state index is 12.4. The molecule has 1 rings (SSSR count). The summed E-state index contributed by atoms with van der Waals surface area (Å²) in [4.78, 5) is 0. The Bertz CT molecular complexity index is 307. The molecule has 0 heterocycles. The molecule has 0 aliphatic heterocycles. The molecule has 0 radical (unpaired) electrons. The first-order chi connectivity index (χ1) is 6.20. The van der Waals surface area contributed by atoms with Crippen LogP contribution >= 0.6 is 11.6 Å². The Hall–Kier alpha value is -0.820. The fraction of sp³-hybridized carbons (Fsp3) is 0.273. The first-order valence-electron chi connectivity index (χ1n) is 4.17. The van der Waals surface area contributed by atoms with Gasteiger partial charge in [0.25, 0.3) is 0 Å². The zero-order valence-corrected chi connectivity index (χ0v) is 8.31. The molecule has 0 saturated heterocycles. The lowest BCUT2D eigenvalue weighted by molar-refractivity contribution is 0.447. The molecule has 0 saturated carbocycles. The molecule has 1 unspecified atom stereocenters. The lowest BCUT2D eigenvalue weighted by Crippen LogP contribution is -1.97. The summed E-state index contributed by atoms with van der Waals surface area (Å²) < 4.78 is 12.4. The summed E-state index contributed by atoms with van der Waals surface area (Å²) in [6.07, 6.45) is 1.68. The summed E-state index contributed by atoms with van der Waals surface area (Å²) in [6.45, 7) is 5.06. The van der Waals surface area contributed by atoms with Crippen molar-refractivity contribution in [2.45, 2.75) is 12.8 Å². The van der Waals surface area contributed by atoms with E-state index in [4.69, 9.17) is 11.6 Å². The highest BCUT2D eigenvalue weighted by Crippen LogP contribution is 2.28. The van der Waals surface area contributed by atoms with Crippen molar-refractivity contribution in [2.75, 3.05) is 6.67 Å². The molecule has 0 aromatic heterocycles. The number of halogens is 2. The Morgan fingerprint density at radius 2 is 2.31 bits per heavy atom. The van der Waals surface area contributed by atoms with Crippen molar-refractivity contribution < 1.29 is 4.39 Å². The van der Waals surface area contributed by atoms with Gasteiger partial charge >= 0.3 is 0 Å². The van der Waals surface area contributed by atoms with Crippen LogP contribution in [0.15, 0.2) is 24.8 Å². The van der Waals surface area contributed by atoms with Crippen LogP contribution < -0.4 is 0 Å². The molecule has 1 aromatic rings. The van der Waals surface area contributed by atoms with Crippen LogP contribution in [-0.2, 0) is 0 Å². The van der Waals surface area contributed by atoms with E-state index >= 15 is 0 Å². The van der Waals surface area contributed by atoms with Crippen LogP contribution in [0.1, 0.15) is 24.0 Å². The van der Waals surface area contributed by atoms with Gasteiger partial charge in [0.2, 0.25) is 0 Å². The molecule has 0 bridgehead atoms. The fourth-order valence-corrected chi connectivity index (χ4v) is 1.58. The molecule has 1 atom stereocenters. The third kappa shape index (κ3) is 2.10. The molecular weight excluding hydrogens is 187 g/mol. The van der Waals surface area contributed by atoms with Crippen LogP contribution in [0.5, 0.6) is 0 Å². The summed E-state index contributed by atoms with van der Waals surface area (Å²) in [7, 11) is 0. The van der Waals surface area contributed by atoms with E-state index in [0.717, 1.165) is 11.1 Å². The molecule has 0 aliphatic carbocycles. The van der Waals surface area contributed by atoms with Crippen LogP contribution in [0, 0.1) is 0 Å². The first kappa shape index (κ1) is 10.3. The Labute approximate surface area is 83.0 Å². The molecule has 13 heavy (non-hydrogen) atoms. The second-order valence-corrected chi connectivity index (χ2v) is 3.39. The van der Waals surface area contributed by atoms with Gasteiger partial charge in [0, 0.05) is 5.92 Å². The van der Waals surface area contributed by atoms with Crippen molar-refractivity contribution in [1.82, 2.24) is 0 Å². The average Bonchev–Trinajstić information content (AvgIpc) is 2.17. The zero-order valence-electron chi connectivity index (χ0n) is 7.56. The van der Waals surface area contributed by atoms with E-state index in [-0.39, 0.29) is 12.6 Å². The Balaban J connectivity index is 3.15. The van der Waals surface area contributed by atoms with Crippen LogP contribution in [0.2, 0.25) is 5.02 Å². The van der Waals surface area contributed by atoms with Gasteiger partial charge in [0.1, 0.15) is 0 Å². The van der Waals surface area contributed by atoms with Crippen LogP contribution in [0.25, 0.3) is 6.08 Å². The maximum absolute atomic E-state index is 12.4. The number of benzene rings is 1. The summed E-state index contributed by atoms with van der Waals surface area (Å²) in [5.41, 5.74) is 1.71. The monoisotopic (exact) mass is 198 g/mol. The lowest BCUT2D eigenvalue weighted by Gasteiger charge is -2.10. The van der Waals surface area contributed by atoms with Crippen molar-refractivity contribution in [2.24, 2.45) is 0 Å². The highest BCUT2D eigenvalue weighted by Gasteiger charge is 2.10. The summed E-state index contributed by atoms with van der Waals surface area (Å²) in [5.74, 6) is -0.146. The third-order valence-electron chi connectivity index (χ3n) is 2.04. The minimum atomic E-state index is -0.389. The van der Waals surface area contributed by atoms with Gasteiger partial charge in [-0.3, -0.25) is 4.39 Å². The number of hydrogen-bond donors (Lipinski definition) is 0. The van der Waals surface area contributed by atoms with E-state index in [2.05, 4.69) is 6.58 Å². The lowest BCUT2D eigenvalue weighted by atomic mass is 10.00. The van der Waals surface area contributed by atoms with E-state index in [1.165, 1.54) is 0 Å². The van der Waals surface area contributed by atoms with Gasteiger partial charge in [-0.15, -0.1) is 0 Å². The standard InChI is InChI=1S/C11H12ClF/c1-3-9-5-4-6-10(11(9)12)8(2)7-13/h3-6,8H,1,7H2,2H3. The van der Waals surface area contributed by atoms with Gasteiger partial charge in [0.15, 0.2) is 0 Å². The summed E-state index contributed by atoms with van der Waals surface area (Å²) >= 11 is 6.04. The number of alkyl halides is 1. The van der Waals surface area contributed by atoms with Gasteiger partial charge in [-0.25, -0.2) is 0 Å². The first-order valence-corrected chi connectivity index (χ1v) is 4.55. The van der Waals surface area contributed by atoms with Gasteiger partial charge in [0.05, 0.1) is 11.7 Å². The second kappa shape index (κ2) is 4.43. The number of rotatable bonds is 3. The fourth-order valence-electron chi connectivity index (χ4n) is 1.19. The molecule has 0 amide bonds. The van der Waals surface area contributed by atoms with Crippen LogP contribution in [-0.4, -0.2) is 6.67 Å². The van der Waals surface area contributed by atoms with Gasteiger partial charge < -0.3 is 0 Å². The zero-order chi connectivity index (χ0) is 9.84. The highest BCUT2D eigenvalue weighted by atomic mass is 35.5. The summed E-state index contributed by atoms with van der Waals surface area (Å²) in [6, 6.07) is 5.58. The molecule has 0 fully saturated rings. The normalized spacial score (nSPS) is 12.5. The van der Waals surface area contributed by atoms with E-state index in [1.807, 2.05) is 25.1 Å². The van der Waals surface area contributed by atoms with Crippen molar-refractivity contribution in [3.8, 4) is 0 Å². The van der Waals surface area contributed by atoms with Crippen molar-refractivity contribution in [1.29, 1.82) is 0 Å². The molecule has 1 aromatic carbocycles. The van der Waals surface area contributed by atoms with Gasteiger partial charge in [-0.2, -0.15) is 0 Å². The van der Waals surface area contributed by atoms with Crippen molar-refractivity contribution in [3.63, 3.8) is 0 Å². The highest BCUT2D eigenvalue weighted by molar-refractivity contribution is 6.32. The van der Waals surface area contributed by atoms with Crippen molar-refractivity contribution >= 4 is 17.7 Å². The minimum Gasteiger partial charge on any atom is -0.250 e. The Kier molecular flexibility index (Phi) is 3.49. The molecule has 0 spiro atoms. The summed E-state index contributed by atoms with van der Waals surface area (Å²) in [5, 5.41) is 0.614. The van der Waals surface area contributed by atoms with Crippen LogP contribution in [0.4, 0.5) is 4.39 Å².